The van der Waals surface area contributed by atoms with Crippen LogP contribution in [0.25, 0.3) is 0 Å². The van der Waals surface area contributed by atoms with Gasteiger partial charge in [0.2, 0.25) is 0 Å². The fourth-order valence-corrected chi connectivity index (χ4v) is 2.89. The average molecular weight is 348 g/mol. The van der Waals surface area contributed by atoms with Crippen molar-refractivity contribution in [3.05, 3.63) is 57.6 Å². The monoisotopic (exact) mass is 347 g/mol. The van der Waals surface area contributed by atoms with Gasteiger partial charge in [0.25, 0.3) is 0 Å². The average Bonchev–Trinajstić information content (AvgIpc) is 2.48. The van der Waals surface area contributed by atoms with Crippen LogP contribution in [-0.4, -0.2) is 7.11 Å². The number of hydrogen-bond acceptors (Lipinski definition) is 2. The van der Waals surface area contributed by atoms with Crippen LogP contribution in [0.15, 0.2) is 40.9 Å². The molecule has 0 radical (unpaired) electrons. The van der Waals surface area contributed by atoms with E-state index >= 15 is 0 Å². The largest absolute Gasteiger partial charge is 0.496 e. The molecule has 0 saturated carbocycles. The van der Waals surface area contributed by atoms with Crippen molar-refractivity contribution < 1.29 is 4.74 Å². The predicted molar refractivity (Wildman–Crippen MR) is 93.3 cm³/mol. The Hall–Kier alpha value is -1.48. The van der Waals surface area contributed by atoms with Gasteiger partial charge >= 0.3 is 0 Å². The zero-order chi connectivity index (χ0) is 15.4. The molecule has 0 aliphatic carbocycles. The molecule has 2 rings (SSSR count). The fourth-order valence-electron chi connectivity index (χ4n) is 2.48. The van der Waals surface area contributed by atoms with E-state index in [9.17, 15) is 0 Å². The third kappa shape index (κ3) is 3.79. The summed E-state index contributed by atoms with van der Waals surface area (Å²) in [5.74, 6) is 0.935. The molecule has 0 spiro atoms. The Balaban J connectivity index is 2.28. The number of aryl methyl sites for hydroxylation is 2. The van der Waals surface area contributed by atoms with Crippen LogP contribution in [0.3, 0.4) is 0 Å². The van der Waals surface area contributed by atoms with Crippen LogP contribution in [0.4, 0.5) is 5.69 Å². The number of halogens is 1. The molecule has 112 valence electrons. The number of nitrogens with one attached hydrogen (secondary N) is 1. The maximum Gasteiger partial charge on any atom is 0.124 e. The van der Waals surface area contributed by atoms with Crippen LogP contribution >= 0.6 is 15.9 Å². The first-order chi connectivity index (χ1) is 10.0. The van der Waals surface area contributed by atoms with Crippen LogP contribution in [0.5, 0.6) is 5.75 Å². The summed E-state index contributed by atoms with van der Waals surface area (Å²) in [5.41, 5.74) is 4.87. The number of ether oxygens (including phenoxy) is 1. The Morgan fingerprint density at radius 1 is 1.19 bits per heavy atom. The van der Waals surface area contributed by atoms with E-state index in [2.05, 4.69) is 78.4 Å². The summed E-state index contributed by atoms with van der Waals surface area (Å²) in [4.78, 5) is 0. The van der Waals surface area contributed by atoms with Gasteiger partial charge in [0.05, 0.1) is 13.2 Å². The fraction of sp³-hybridized carbons (Fsp3) is 0.333. The minimum atomic E-state index is 0.187. The van der Waals surface area contributed by atoms with E-state index in [1.54, 1.807) is 7.11 Å². The molecule has 0 aliphatic heterocycles. The lowest BCUT2D eigenvalue weighted by atomic mass is 10.0. The number of anilines is 1. The van der Waals surface area contributed by atoms with E-state index in [4.69, 9.17) is 4.74 Å². The Kier molecular flexibility index (Phi) is 5.29. The van der Waals surface area contributed by atoms with Crippen molar-refractivity contribution in [1.29, 1.82) is 0 Å². The van der Waals surface area contributed by atoms with Gasteiger partial charge < -0.3 is 10.1 Å². The highest BCUT2D eigenvalue weighted by Crippen LogP contribution is 2.30. The maximum atomic E-state index is 5.51. The highest BCUT2D eigenvalue weighted by molar-refractivity contribution is 9.10. The lowest BCUT2D eigenvalue weighted by Gasteiger charge is -2.20. The van der Waals surface area contributed by atoms with Gasteiger partial charge in [-0.05, 0) is 55.7 Å². The molecular formula is C18H22BrNO. The number of benzene rings is 2. The number of methoxy groups -OCH3 is 1. The summed E-state index contributed by atoms with van der Waals surface area (Å²) in [6.45, 7) is 6.41. The number of hydrogen-bond donors (Lipinski definition) is 1. The summed E-state index contributed by atoms with van der Waals surface area (Å²) in [6.07, 6.45) is 1.000. The summed E-state index contributed by atoms with van der Waals surface area (Å²) in [6, 6.07) is 12.9. The van der Waals surface area contributed by atoms with Gasteiger partial charge in [0, 0.05) is 15.7 Å². The predicted octanol–water partition coefficient (Wildman–Crippen LogP) is 5.50. The topological polar surface area (TPSA) is 21.3 Å². The van der Waals surface area contributed by atoms with E-state index < -0.39 is 0 Å². The van der Waals surface area contributed by atoms with Gasteiger partial charge in [-0.1, -0.05) is 35.0 Å². The smallest absolute Gasteiger partial charge is 0.124 e. The summed E-state index contributed by atoms with van der Waals surface area (Å²) < 4.78 is 6.63. The first kappa shape index (κ1) is 15.9. The molecule has 2 aromatic carbocycles. The third-order valence-corrected chi connectivity index (χ3v) is 4.17. The van der Waals surface area contributed by atoms with Crippen LogP contribution in [0.2, 0.25) is 0 Å². The lowest BCUT2D eigenvalue weighted by Crippen LogP contribution is -2.10. The van der Waals surface area contributed by atoms with E-state index in [0.717, 1.165) is 16.6 Å². The molecule has 1 N–H and O–H groups in total. The summed E-state index contributed by atoms with van der Waals surface area (Å²) >= 11 is 3.53. The van der Waals surface area contributed by atoms with Crippen molar-refractivity contribution in [2.45, 2.75) is 33.2 Å². The van der Waals surface area contributed by atoms with Gasteiger partial charge in [-0.2, -0.15) is 0 Å². The zero-order valence-electron chi connectivity index (χ0n) is 13.0. The van der Waals surface area contributed by atoms with Gasteiger partial charge in [-0.15, -0.1) is 0 Å². The van der Waals surface area contributed by atoms with E-state index in [-0.39, 0.29) is 6.04 Å². The first-order valence-corrected chi connectivity index (χ1v) is 8.04. The molecule has 0 heterocycles. The van der Waals surface area contributed by atoms with Crippen molar-refractivity contribution in [3.8, 4) is 5.75 Å². The lowest BCUT2D eigenvalue weighted by molar-refractivity contribution is 0.407. The van der Waals surface area contributed by atoms with Crippen LogP contribution in [-0.2, 0) is 6.42 Å². The van der Waals surface area contributed by atoms with E-state index in [0.29, 0.717) is 0 Å². The van der Waals surface area contributed by atoms with E-state index in [1.165, 1.54) is 22.4 Å². The molecular weight excluding hydrogens is 326 g/mol. The molecule has 0 saturated heterocycles. The molecule has 0 fully saturated rings. The molecule has 1 unspecified atom stereocenters. The number of rotatable bonds is 5. The molecule has 0 bridgehead atoms. The highest BCUT2D eigenvalue weighted by atomic mass is 79.9. The van der Waals surface area contributed by atoms with Crippen molar-refractivity contribution in [2.24, 2.45) is 0 Å². The zero-order valence-corrected chi connectivity index (χ0v) is 14.6. The van der Waals surface area contributed by atoms with Crippen LogP contribution < -0.4 is 10.1 Å². The molecule has 21 heavy (non-hydrogen) atoms. The normalized spacial score (nSPS) is 12.0. The quantitative estimate of drug-likeness (QED) is 0.770. The van der Waals surface area contributed by atoms with Crippen molar-refractivity contribution in [2.75, 3.05) is 12.4 Å². The van der Waals surface area contributed by atoms with Gasteiger partial charge in [0.15, 0.2) is 0 Å². The van der Waals surface area contributed by atoms with Gasteiger partial charge in [0.1, 0.15) is 5.75 Å². The second-order valence-corrected chi connectivity index (χ2v) is 6.18. The van der Waals surface area contributed by atoms with Crippen molar-refractivity contribution >= 4 is 21.6 Å². The SMILES string of the molecule is CCc1cc(Br)ccc1NC(C)c1ccc(C)cc1OC. The Morgan fingerprint density at radius 2 is 1.95 bits per heavy atom. The summed E-state index contributed by atoms with van der Waals surface area (Å²) in [5, 5.41) is 3.60. The first-order valence-electron chi connectivity index (χ1n) is 7.24. The molecule has 3 heteroatoms. The van der Waals surface area contributed by atoms with Crippen molar-refractivity contribution in [3.63, 3.8) is 0 Å². The second kappa shape index (κ2) is 6.99. The minimum absolute atomic E-state index is 0.187. The summed E-state index contributed by atoms with van der Waals surface area (Å²) in [7, 11) is 1.72. The maximum absolute atomic E-state index is 5.51. The Morgan fingerprint density at radius 3 is 2.62 bits per heavy atom. The molecule has 2 aromatic rings. The Labute approximate surface area is 135 Å². The molecule has 0 amide bonds. The van der Waals surface area contributed by atoms with E-state index in [1.807, 2.05) is 0 Å². The molecule has 2 nitrogen and oxygen atoms in total. The standard InChI is InChI=1S/C18H22BrNO/c1-5-14-11-15(19)7-9-17(14)20-13(3)16-8-6-12(2)10-18(16)21-4/h6-11,13,20H,5H2,1-4H3. The molecule has 0 aliphatic rings. The Bertz CT molecular complexity index is 625. The second-order valence-electron chi connectivity index (χ2n) is 5.27. The van der Waals surface area contributed by atoms with Crippen LogP contribution in [0, 0.1) is 6.92 Å². The molecule has 0 aromatic heterocycles. The third-order valence-electron chi connectivity index (χ3n) is 3.68. The highest BCUT2D eigenvalue weighted by Gasteiger charge is 2.13. The minimum Gasteiger partial charge on any atom is -0.496 e. The molecule has 1 atom stereocenters. The van der Waals surface area contributed by atoms with Crippen molar-refractivity contribution in [1.82, 2.24) is 0 Å². The van der Waals surface area contributed by atoms with Gasteiger partial charge in [-0.3, -0.25) is 0 Å². The van der Waals surface area contributed by atoms with Gasteiger partial charge in [-0.25, -0.2) is 0 Å². The van der Waals surface area contributed by atoms with Crippen LogP contribution in [0.1, 0.15) is 36.6 Å².